The molecule has 2 saturated heterocycles. The fourth-order valence-corrected chi connectivity index (χ4v) is 7.25. The molecule has 2 heterocycles. The summed E-state index contributed by atoms with van der Waals surface area (Å²) in [6, 6.07) is 6.12. The highest BCUT2D eigenvalue weighted by Gasteiger charge is 2.52. The van der Waals surface area contributed by atoms with Crippen molar-refractivity contribution in [1.29, 1.82) is 10.7 Å². The Labute approximate surface area is 263 Å². The fraction of sp³-hybridized carbons (Fsp3) is 0.500. The third kappa shape index (κ3) is 4.78. The molecule has 14 nitrogen and oxygen atoms in total. The van der Waals surface area contributed by atoms with Gasteiger partial charge in [-0.15, -0.1) is 0 Å². The first-order valence-corrected chi connectivity index (χ1v) is 14.9. The van der Waals surface area contributed by atoms with Gasteiger partial charge in [0.25, 0.3) is 0 Å². The van der Waals surface area contributed by atoms with E-state index < -0.39 is 78.2 Å². The summed E-state index contributed by atoms with van der Waals surface area (Å²) in [4.78, 5) is 28.4. The molecule has 0 bridgehead atoms. The average molecular weight is 638 g/mol. The lowest BCUT2D eigenvalue weighted by Gasteiger charge is -2.52. The number of carbonyl (C=O) groups excluding carboxylic acids is 2. The quantitative estimate of drug-likeness (QED) is 0.202. The van der Waals surface area contributed by atoms with E-state index in [2.05, 4.69) is 6.07 Å². The number of nitriles is 1. The predicted octanol–water partition coefficient (Wildman–Crippen LogP) is 0.454. The first-order chi connectivity index (χ1) is 21.9. The van der Waals surface area contributed by atoms with Crippen molar-refractivity contribution in [2.45, 2.75) is 61.9 Å². The second kappa shape index (κ2) is 11.7. The number of methoxy groups -OCH3 is 1. The number of fused-ring (bicyclic) bond motifs is 3. The molecule has 244 valence electrons. The van der Waals surface area contributed by atoms with Crippen LogP contribution in [0.25, 0.3) is 0 Å². The average Bonchev–Trinajstić information content (AvgIpc) is 3.05. The predicted molar refractivity (Wildman–Crippen MR) is 157 cm³/mol. The summed E-state index contributed by atoms with van der Waals surface area (Å²) < 4.78 is 23.0. The molecule has 2 aromatic rings. The Kier molecular flexibility index (Phi) is 8.14. The van der Waals surface area contributed by atoms with E-state index in [1.807, 2.05) is 4.90 Å². The van der Waals surface area contributed by atoms with Crippen LogP contribution >= 0.6 is 0 Å². The lowest BCUT2D eigenvalue weighted by molar-refractivity contribution is -0.257. The molecule has 0 saturated carbocycles. The summed E-state index contributed by atoms with van der Waals surface area (Å²) >= 11 is 0. The number of Topliss-reactive ketones (excluding diaryl/α,β-unsaturated/α-hetero) is 1. The van der Waals surface area contributed by atoms with Gasteiger partial charge in [-0.1, -0.05) is 12.1 Å². The summed E-state index contributed by atoms with van der Waals surface area (Å²) in [5.41, 5.74) is -4.23. The molecule has 4 aliphatic rings. The molecule has 2 aliphatic heterocycles. The molecule has 6 N–H and O–H groups in total. The maximum atomic E-state index is 13.7. The van der Waals surface area contributed by atoms with Gasteiger partial charge in [-0.05, 0) is 13.0 Å². The molecule has 6 rings (SSSR count). The Balaban J connectivity index is 1.45. The minimum atomic E-state index is -2.26. The van der Waals surface area contributed by atoms with Crippen LogP contribution in [0.15, 0.2) is 18.2 Å². The van der Waals surface area contributed by atoms with Crippen LogP contribution < -0.4 is 4.74 Å². The minimum absolute atomic E-state index is 0.0289. The third-order valence-electron chi connectivity index (χ3n) is 9.77. The van der Waals surface area contributed by atoms with E-state index in [4.69, 9.17) is 24.4 Å². The lowest BCUT2D eigenvalue weighted by Crippen LogP contribution is -2.66. The molecule has 0 spiro atoms. The highest BCUT2D eigenvalue weighted by Crippen LogP contribution is 2.52. The van der Waals surface area contributed by atoms with Crippen molar-refractivity contribution in [3.8, 4) is 23.3 Å². The number of benzene rings is 2. The zero-order chi connectivity index (χ0) is 33.1. The SMILES string of the molecule is COc1cccc2c1C(=N)c1c(O)c3c(c(O)c1C2=O)C[C@@](O)(C(=O)CO)C[C@@H]3O[C@H]1C[C@](C)(N2CCOCC2C#N)[C@H](O)CO1. The van der Waals surface area contributed by atoms with Gasteiger partial charge in [0.05, 0.1) is 73.1 Å². The van der Waals surface area contributed by atoms with Gasteiger partial charge in [0.1, 0.15) is 35.5 Å². The lowest BCUT2D eigenvalue weighted by atomic mass is 9.71. The first-order valence-electron chi connectivity index (χ1n) is 14.9. The number of nitrogens with one attached hydrogen (secondary N) is 1. The molecule has 0 radical (unpaired) electrons. The number of aliphatic hydroxyl groups excluding tert-OH is 2. The third-order valence-corrected chi connectivity index (χ3v) is 9.77. The molecule has 2 fully saturated rings. The number of hydrogen-bond donors (Lipinski definition) is 6. The van der Waals surface area contributed by atoms with Crippen LogP contribution in [-0.2, 0) is 25.4 Å². The summed E-state index contributed by atoms with van der Waals surface area (Å²) in [6.07, 6.45) is -4.45. The monoisotopic (exact) mass is 637 g/mol. The number of hydrogen-bond acceptors (Lipinski definition) is 14. The van der Waals surface area contributed by atoms with Crippen molar-refractivity contribution in [1.82, 2.24) is 4.90 Å². The molecule has 2 aliphatic carbocycles. The van der Waals surface area contributed by atoms with Crippen molar-refractivity contribution in [2.24, 2.45) is 0 Å². The van der Waals surface area contributed by atoms with Crippen molar-refractivity contribution in [3.63, 3.8) is 0 Å². The summed E-state index contributed by atoms with van der Waals surface area (Å²) in [6.45, 7) is 1.41. The van der Waals surface area contributed by atoms with Crippen LogP contribution in [0.4, 0.5) is 0 Å². The number of rotatable bonds is 6. The van der Waals surface area contributed by atoms with Crippen molar-refractivity contribution in [2.75, 3.05) is 40.1 Å². The van der Waals surface area contributed by atoms with Crippen LogP contribution in [0, 0.1) is 16.7 Å². The molecule has 1 unspecified atom stereocenters. The van der Waals surface area contributed by atoms with E-state index in [0.29, 0.717) is 13.2 Å². The van der Waals surface area contributed by atoms with E-state index in [-0.39, 0.29) is 64.5 Å². The zero-order valence-corrected chi connectivity index (χ0v) is 25.3. The Bertz CT molecular complexity index is 1670. The van der Waals surface area contributed by atoms with Crippen LogP contribution in [0.1, 0.15) is 64.0 Å². The summed E-state index contributed by atoms with van der Waals surface area (Å²) in [5.74, 6) is -2.65. The Morgan fingerprint density at radius 1 is 1.20 bits per heavy atom. The number of aliphatic hydroxyl groups is 3. The fourth-order valence-electron chi connectivity index (χ4n) is 7.25. The zero-order valence-electron chi connectivity index (χ0n) is 25.3. The van der Waals surface area contributed by atoms with Crippen LogP contribution in [-0.4, -0.2) is 117 Å². The topological polar surface area (TPSA) is 223 Å². The van der Waals surface area contributed by atoms with E-state index >= 15 is 0 Å². The van der Waals surface area contributed by atoms with E-state index in [1.165, 1.54) is 13.2 Å². The van der Waals surface area contributed by atoms with Gasteiger partial charge in [-0.2, -0.15) is 5.26 Å². The molecular weight excluding hydrogens is 602 g/mol. The molecule has 6 atom stereocenters. The van der Waals surface area contributed by atoms with E-state index in [9.17, 15) is 40.4 Å². The Morgan fingerprint density at radius 2 is 1.96 bits per heavy atom. The van der Waals surface area contributed by atoms with Crippen LogP contribution in [0.2, 0.25) is 0 Å². The maximum Gasteiger partial charge on any atom is 0.198 e. The second-order valence-electron chi connectivity index (χ2n) is 12.3. The number of phenolic OH excluding ortho intramolecular Hbond substituents is 2. The molecule has 2 aromatic carbocycles. The van der Waals surface area contributed by atoms with Crippen LogP contribution in [0.5, 0.6) is 17.2 Å². The number of aromatic hydroxyl groups is 2. The number of carbonyl (C=O) groups is 2. The molecule has 0 amide bonds. The van der Waals surface area contributed by atoms with Crippen molar-refractivity contribution in [3.05, 3.63) is 51.6 Å². The summed E-state index contributed by atoms with van der Waals surface area (Å²) in [5, 5.41) is 74.3. The molecular formula is C32H35N3O11. The number of ether oxygens (including phenoxy) is 4. The minimum Gasteiger partial charge on any atom is -0.507 e. The van der Waals surface area contributed by atoms with Gasteiger partial charge >= 0.3 is 0 Å². The van der Waals surface area contributed by atoms with Crippen LogP contribution in [0.3, 0.4) is 0 Å². The highest BCUT2D eigenvalue weighted by atomic mass is 16.7. The first kappa shape index (κ1) is 32.0. The number of nitrogens with zero attached hydrogens (tertiary/aromatic N) is 2. The smallest absolute Gasteiger partial charge is 0.198 e. The normalized spacial score (nSPS) is 31.0. The summed E-state index contributed by atoms with van der Waals surface area (Å²) in [7, 11) is 1.38. The molecule has 0 aromatic heterocycles. The maximum absolute atomic E-state index is 13.7. The molecule has 14 heteroatoms. The van der Waals surface area contributed by atoms with Gasteiger partial charge in [0.15, 0.2) is 17.9 Å². The second-order valence-corrected chi connectivity index (χ2v) is 12.3. The van der Waals surface area contributed by atoms with E-state index in [0.717, 1.165) is 0 Å². The Hall–Kier alpha value is -3.94. The van der Waals surface area contributed by atoms with Gasteiger partial charge in [0, 0.05) is 42.5 Å². The van der Waals surface area contributed by atoms with Gasteiger partial charge in [-0.25, -0.2) is 0 Å². The number of phenols is 2. The largest absolute Gasteiger partial charge is 0.507 e. The van der Waals surface area contributed by atoms with Crippen molar-refractivity contribution < 1.29 is 54.1 Å². The molecule has 46 heavy (non-hydrogen) atoms. The Morgan fingerprint density at radius 3 is 2.65 bits per heavy atom. The van der Waals surface area contributed by atoms with Gasteiger partial charge < -0.3 is 44.5 Å². The number of morpholine rings is 1. The standard InChI is InChI=1S/C32H35N3O11/c1-31(35-6-7-44-13-15(35)11-33)10-22(45-14-21(31)38)46-19-9-32(42,20(37)12-36)8-17-24(19)30(41)25-26(29(17)40)28(39)16-4-3-5-18(43-2)23(16)27(25)34/h3-5,15,19,21-22,34,36,38,40-42H,6-10,12-14H2,1-2H3/t15?,19-,21+,22-,31-,32-/m0/s1. The van der Waals surface area contributed by atoms with Crippen molar-refractivity contribution >= 4 is 17.3 Å². The van der Waals surface area contributed by atoms with Gasteiger partial charge in [0.2, 0.25) is 0 Å². The highest BCUT2D eigenvalue weighted by molar-refractivity contribution is 6.32. The van der Waals surface area contributed by atoms with E-state index in [1.54, 1.807) is 19.1 Å². The van der Waals surface area contributed by atoms with Gasteiger partial charge in [-0.3, -0.25) is 19.9 Å². The number of ketones is 2.